The highest BCUT2D eigenvalue weighted by Gasteiger charge is 2.29. The summed E-state index contributed by atoms with van der Waals surface area (Å²) >= 11 is 3.35. The quantitative estimate of drug-likeness (QED) is 0.867. The summed E-state index contributed by atoms with van der Waals surface area (Å²) in [5, 5.41) is 5.94. The number of rotatable bonds is 4. The minimum Gasteiger partial charge on any atom is -0.372 e. The van der Waals surface area contributed by atoms with E-state index in [1.807, 2.05) is 0 Å². The molecule has 2 aromatic rings. The van der Waals surface area contributed by atoms with E-state index < -0.39 is 11.7 Å². The predicted octanol–water partition coefficient (Wildman–Crippen LogP) is 3.91. The molecule has 0 atom stereocenters. The van der Waals surface area contributed by atoms with Crippen molar-refractivity contribution >= 4 is 27.6 Å². The molecule has 112 valence electrons. The van der Waals surface area contributed by atoms with Crippen molar-refractivity contribution in [2.24, 2.45) is 0 Å². The fourth-order valence-corrected chi connectivity index (χ4v) is 2.21. The molecule has 0 saturated carbocycles. The first kappa shape index (κ1) is 15.6. The lowest BCUT2D eigenvalue weighted by Crippen LogP contribution is -2.07. The number of nitrogens with one attached hydrogen (secondary N) is 2. The molecule has 0 unspecified atom stereocenters. The van der Waals surface area contributed by atoms with E-state index in [0.29, 0.717) is 22.7 Å². The Hall–Kier alpha value is -1.83. The van der Waals surface area contributed by atoms with E-state index in [1.165, 1.54) is 18.5 Å². The Morgan fingerprint density at radius 2 is 1.71 bits per heavy atom. The number of nitrogens with zero attached hydrogens (tertiary/aromatic N) is 2. The third kappa shape index (κ3) is 3.84. The molecule has 8 heteroatoms. The van der Waals surface area contributed by atoms with Gasteiger partial charge in [-0.1, -0.05) is 12.1 Å². The second-order valence-electron chi connectivity index (χ2n) is 4.18. The first-order chi connectivity index (χ1) is 9.91. The molecule has 0 fully saturated rings. The van der Waals surface area contributed by atoms with Crippen LogP contribution in [0, 0.1) is 0 Å². The van der Waals surface area contributed by atoms with Crippen molar-refractivity contribution in [2.45, 2.75) is 12.7 Å². The number of benzene rings is 1. The molecular formula is C13H12BrF3N4. The standard InChI is InChI=1S/C13H12BrF3N4/c1-18-11-10(14)12(21-7-20-11)19-6-8-2-4-9(5-3-8)13(15,16)17/h2-5,7H,6H2,1H3,(H2,18,19,20,21). The topological polar surface area (TPSA) is 49.8 Å². The van der Waals surface area contributed by atoms with E-state index in [2.05, 4.69) is 36.5 Å². The van der Waals surface area contributed by atoms with Gasteiger partial charge in [-0.15, -0.1) is 0 Å². The Morgan fingerprint density at radius 3 is 2.29 bits per heavy atom. The van der Waals surface area contributed by atoms with Crippen LogP contribution in [0.3, 0.4) is 0 Å². The van der Waals surface area contributed by atoms with Gasteiger partial charge in [0.15, 0.2) is 0 Å². The van der Waals surface area contributed by atoms with Crippen LogP contribution >= 0.6 is 15.9 Å². The molecule has 1 heterocycles. The number of anilines is 2. The first-order valence-electron chi connectivity index (χ1n) is 6.00. The maximum Gasteiger partial charge on any atom is 0.416 e. The maximum atomic E-state index is 12.5. The van der Waals surface area contributed by atoms with Crippen molar-refractivity contribution in [3.63, 3.8) is 0 Å². The molecule has 2 N–H and O–H groups in total. The lowest BCUT2D eigenvalue weighted by atomic mass is 10.1. The van der Waals surface area contributed by atoms with Crippen LogP contribution in [0.5, 0.6) is 0 Å². The van der Waals surface area contributed by atoms with Crippen LogP contribution in [0.4, 0.5) is 24.8 Å². The van der Waals surface area contributed by atoms with Crippen molar-refractivity contribution in [1.82, 2.24) is 9.97 Å². The van der Waals surface area contributed by atoms with E-state index in [4.69, 9.17) is 0 Å². The summed E-state index contributed by atoms with van der Waals surface area (Å²) < 4.78 is 38.0. The molecule has 0 aliphatic carbocycles. The maximum absolute atomic E-state index is 12.5. The van der Waals surface area contributed by atoms with Crippen LogP contribution < -0.4 is 10.6 Å². The van der Waals surface area contributed by atoms with Crippen molar-refractivity contribution in [3.8, 4) is 0 Å². The van der Waals surface area contributed by atoms with E-state index in [0.717, 1.165) is 17.7 Å². The first-order valence-corrected chi connectivity index (χ1v) is 6.79. The highest BCUT2D eigenvalue weighted by Crippen LogP contribution is 2.29. The monoisotopic (exact) mass is 360 g/mol. The van der Waals surface area contributed by atoms with Crippen molar-refractivity contribution in [2.75, 3.05) is 17.7 Å². The molecular weight excluding hydrogens is 349 g/mol. The van der Waals surface area contributed by atoms with Gasteiger partial charge in [0.2, 0.25) is 0 Å². The van der Waals surface area contributed by atoms with Gasteiger partial charge < -0.3 is 10.6 Å². The molecule has 0 radical (unpaired) electrons. The Kier molecular flexibility index (Phi) is 4.66. The minimum absolute atomic E-state index is 0.358. The number of aromatic nitrogens is 2. The van der Waals surface area contributed by atoms with Gasteiger partial charge in [-0.3, -0.25) is 0 Å². The summed E-state index contributed by atoms with van der Waals surface area (Å²) in [5.74, 6) is 1.19. The summed E-state index contributed by atoms with van der Waals surface area (Å²) in [5.41, 5.74) is 0.0615. The van der Waals surface area contributed by atoms with Crippen LogP contribution in [0.25, 0.3) is 0 Å². The number of hydrogen-bond acceptors (Lipinski definition) is 4. The van der Waals surface area contributed by atoms with Gasteiger partial charge in [0, 0.05) is 13.6 Å². The molecule has 0 amide bonds. The Labute approximate surface area is 127 Å². The van der Waals surface area contributed by atoms with E-state index in [-0.39, 0.29) is 0 Å². The van der Waals surface area contributed by atoms with Gasteiger partial charge in [-0.2, -0.15) is 13.2 Å². The predicted molar refractivity (Wildman–Crippen MR) is 78.0 cm³/mol. The molecule has 1 aromatic carbocycles. The van der Waals surface area contributed by atoms with E-state index in [1.54, 1.807) is 7.05 Å². The fraction of sp³-hybridized carbons (Fsp3) is 0.231. The molecule has 0 saturated heterocycles. The van der Waals surface area contributed by atoms with Crippen molar-refractivity contribution < 1.29 is 13.2 Å². The highest BCUT2D eigenvalue weighted by molar-refractivity contribution is 9.10. The summed E-state index contributed by atoms with van der Waals surface area (Å²) in [6, 6.07) is 4.99. The summed E-state index contributed by atoms with van der Waals surface area (Å²) in [7, 11) is 1.73. The molecule has 0 aliphatic rings. The average Bonchev–Trinajstić information content (AvgIpc) is 2.46. The third-order valence-corrected chi connectivity index (χ3v) is 3.52. The van der Waals surface area contributed by atoms with Crippen LogP contribution in [-0.2, 0) is 12.7 Å². The molecule has 1 aromatic heterocycles. The van der Waals surface area contributed by atoms with Crippen LogP contribution in [0.15, 0.2) is 35.1 Å². The van der Waals surface area contributed by atoms with Crippen LogP contribution in [0.1, 0.15) is 11.1 Å². The van der Waals surface area contributed by atoms with Gasteiger partial charge in [-0.25, -0.2) is 9.97 Å². The Morgan fingerprint density at radius 1 is 1.10 bits per heavy atom. The molecule has 0 aliphatic heterocycles. The smallest absolute Gasteiger partial charge is 0.372 e. The third-order valence-electron chi connectivity index (χ3n) is 2.77. The van der Waals surface area contributed by atoms with Crippen LogP contribution in [0.2, 0.25) is 0 Å². The summed E-state index contributed by atoms with van der Waals surface area (Å²) in [6.07, 6.45) is -2.92. The van der Waals surface area contributed by atoms with Crippen LogP contribution in [-0.4, -0.2) is 17.0 Å². The zero-order chi connectivity index (χ0) is 15.5. The number of alkyl halides is 3. The van der Waals surface area contributed by atoms with E-state index in [9.17, 15) is 13.2 Å². The van der Waals surface area contributed by atoms with Gasteiger partial charge in [0.25, 0.3) is 0 Å². The normalized spacial score (nSPS) is 11.3. The Bertz CT molecular complexity index is 614. The molecule has 4 nitrogen and oxygen atoms in total. The van der Waals surface area contributed by atoms with Crippen molar-refractivity contribution in [1.29, 1.82) is 0 Å². The van der Waals surface area contributed by atoms with Gasteiger partial charge in [-0.05, 0) is 33.6 Å². The molecule has 2 rings (SSSR count). The summed E-state index contributed by atoms with van der Waals surface area (Å²) in [4.78, 5) is 8.09. The largest absolute Gasteiger partial charge is 0.416 e. The zero-order valence-electron chi connectivity index (χ0n) is 11.0. The molecule has 21 heavy (non-hydrogen) atoms. The Balaban J connectivity index is 2.07. The van der Waals surface area contributed by atoms with Crippen molar-refractivity contribution in [3.05, 3.63) is 46.2 Å². The molecule has 0 spiro atoms. The van der Waals surface area contributed by atoms with Gasteiger partial charge in [0.1, 0.15) is 22.4 Å². The zero-order valence-corrected chi connectivity index (χ0v) is 12.6. The SMILES string of the molecule is CNc1ncnc(NCc2ccc(C(F)(F)F)cc2)c1Br. The number of halogens is 4. The number of hydrogen-bond donors (Lipinski definition) is 2. The second-order valence-corrected chi connectivity index (χ2v) is 4.98. The fourth-order valence-electron chi connectivity index (χ4n) is 1.66. The highest BCUT2D eigenvalue weighted by atomic mass is 79.9. The van der Waals surface area contributed by atoms with E-state index >= 15 is 0 Å². The lowest BCUT2D eigenvalue weighted by Gasteiger charge is -2.11. The average molecular weight is 361 g/mol. The van der Waals surface area contributed by atoms with Gasteiger partial charge >= 0.3 is 6.18 Å². The second kappa shape index (κ2) is 6.30. The van der Waals surface area contributed by atoms with Gasteiger partial charge in [0.05, 0.1) is 5.56 Å². The minimum atomic E-state index is -4.32. The molecule has 0 bridgehead atoms. The summed E-state index contributed by atoms with van der Waals surface area (Å²) in [6.45, 7) is 0.358. The lowest BCUT2D eigenvalue weighted by molar-refractivity contribution is -0.137.